The summed E-state index contributed by atoms with van der Waals surface area (Å²) in [7, 11) is 0. The lowest BCUT2D eigenvalue weighted by molar-refractivity contribution is 0.0976. The third-order valence-corrected chi connectivity index (χ3v) is 9.23. The van der Waals surface area contributed by atoms with Crippen molar-refractivity contribution in [3.63, 3.8) is 0 Å². The molecule has 6 rings (SSSR count). The van der Waals surface area contributed by atoms with Gasteiger partial charge in [-0.25, -0.2) is 4.39 Å². The molecule has 0 aliphatic rings. The van der Waals surface area contributed by atoms with E-state index in [-0.39, 0.29) is 36.6 Å². The van der Waals surface area contributed by atoms with Crippen molar-refractivity contribution in [2.45, 2.75) is 30.8 Å². The lowest BCUT2D eigenvalue weighted by Gasteiger charge is -2.21. The standard InChI is InChI=1S/C40H31FO3S/c1-45-40-30(25-41)21-29(22-38(43)33-19-9-15-26-11-5-7-17-31(26)33)35(36(40)24-37(42)28-13-3-2-4-14-28)23-39(44)34-20-10-16-27-12-6-8-18-32(27)34/h2-21H,22-25H2,1H3. The van der Waals surface area contributed by atoms with Crippen molar-refractivity contribution >= 4 is 50.7 Å². The molecule has 0 aliphatic heterocycles. The Morgan fingerprint density at radius 1 is 0.556 bits per heavy atom. The molecule has 6 aromatic rings. The van der Waals surface area contributed by atoms with Gasteiger partial charge >= 0.3 is 0 Å². The van der Waals surface area contributed by atoms with Crippen LogP contribution in [0, 0.1) is 0 Å². The van der Waals surface area contributed by atoms with E-state index < -0.39 is 6.67 Å². The first-order chi connectivity index (χ1) is 22.0. The summed E-state index contributed by atoms with van der Waals surface area (Å²) < 4.78 is 14.6. The molecule has 0 aliphatic carbocycles. The lowest BCUT2D eigenvalue weighted by atomic mass is 9.85. The smallest absolute Gasteiger partial charge is 0.167 e. The molecule has 5 heteroatoms. The average Bonchev–Trinajstić information content (AvgIpc) is 3.09. The molecule has 0 atom stereocenters. The summed E-state index contributed by atoms with van der Waals surface area (Å²) in [6.45, 7) is -0.754. The van der Waals surface area contributed by atoms with E-state index in [1.165, 1.54) is 11.8 Å². The molecule has 6 aromatic carbocycles. The van der Waals surface area contributed by atoms with Crippen LogP contribution >= 0.6 is 11.8 Å². The second kappa shape index (κ2) is 13.4. The van der Waals surface area contributed by atoms with Gasteiger partial charge in [-0.05, 0) is 50.1 Å². The molecule has 0 fully saturated rings. The van der Waals surface area contributed by atoms with Gasteiger partial charge in [0, 0.05) is 40.8 Å². The monoisotopic (exact) mass is 610 g/mol. The predicted octanol–water partition coefficient (Wildman–Crippen LogP) is 9.46. The third kappa shape index (κ3) is 6.22. The summed E-state index contributed by atoms with van der Waals surface area (Å²) in [5.41, 5.74) is 3.89. The van der Waals surface area contributed by atoms with E-state index in [0.29, 0.717) is 43.8 Å². The number of hydrogen-bond donors (Lipinski definition) is 0. The first kappa shape index (κ1) is 30.2. The van der Waals surface area contributed by atoms with Gasteiger partial charge in [0.15, 0.2) is 17.3 Å². The maximum Gasteiger partial charge on any atom is 0.167 e. The number of halogens is 1. The number of fused-ring (bicyclic) bond motifs is 2. The zero-order chi connectivity index (χ0) is 31.3. The van der Waals surface area contributed by atoms with Gasteiger partial charge in [-0.1, -0.05) is 121 Å². The number of carbonyl (C=O) groups excluding carboxylic acids is 3. The number of rotatable bonds is 11. The van der Waals surface area contributed by atoms with Crippen molar-refractivity contribution in [1.29, 1.82) is 0 Å². The fourth-order valence-electron chi connectivity index (χ4n) is 6.15. The van der Waals surface area contributed by atoms with Gasteiger partial charge in [0.2, 0.25) is 0 Å². The molecule has 3 nitrogen and oxygen atoms in total. The summed E-state index contributed by atoms with van der Waals surface area (Å²) in [6, 6.07) is 37.4. The van der Waals surface area contributed by atoms with Crippen LogP contribution in [0.4, 0.5) is 4.39 Å². The van der Waals surface area contributed by atoms with E-state index in [0.717, 1.165) is 21.5 Å². The van der Waals surface area contributed by atoms with Crippen molar-refractivity contribution in [2.24, 2.45) is 0 Å². The Balaban J connectivity index is 1.50. The highest BCUT2D eigenvalue weighted by Crippen LogP contribution is 2.35. The Morgan fingerprint density at radius 2 is 1.07 bits per heavy atom. The highest BCUT2D eigenvalue weighted by Gasteiger charge is 2.25. The molecule has 0 saturated carbocycles. The third-order valence-electron chi connectivity index (χ3n) is 8.32. The number of alkyl halides is 1. The van der Waals surface area contributed by atoms with E-state index in [1.807, 2.05) is 91.2 Å². The summed E-state index contributed by atoms with van der Waals surface area (Å²) in [5.74, 6) is -0.390. The molecule has 0 unspecified atom stereocenters. The molecule has 0 amide bonds. The Bertz CT molecular complexity index is 2060. The Kier molecular flexibility index (Phi) is 8.99. The van der Waals surface area contributed by atoms with Crippen molar-refractivity contribution in [1.82, 2.24) is 0 Å². The predicted molar refractivity (Wildman–Crippen MR) is 181 cm³/mol. The van der Waals surface area contributed by atoms with Crippen molar-refractivity contribution in [2.75, 3.05) is 6.26 Å². The van der Waals surface area contributed by atoms with Crippen LogP contribution in [0.3, 0.4) is 0 Å². The zero-order valence-electron chi connectivity index (χ0n) is 24.9. The van der Waals surface area contributed by atoms with Crippen molar-refractivity contribution in [3.8, 4) is 0 Å². The fourth-order valence-corrected chi connectivity index (χ4v) is 6.97. The van der Waals surface area contributed by atoms with Crippen LogP contribution in [-0.2, 0) is 25.9 Å². The molecule has 0 radical (unpaired) electrons. The molecule has 0 N–H and O–H groups in total. The van der Waals surface area contributed by atoms with E-state index in [4.69, 9.17) is 0 Å². The van der Waals surface area contributed by atoms with Crippen LogP contribution in [0.15, 0.2) is 126 Å². The average molecular weight is 611 g/mol. The highest BCUT2D eigenvalue weighted by atomic mass is 32.2. The summed E-state index contributed by atoms with van der Waals surface area (Å²) >= 11 is 1.36. The maximum absolute atomic E-state index is 14.6. The highest BCUT2D eigenvalue weighted by molar-refractivity contribution is 7.98. The molecule has 45 heavy (non-hydrogen) atoms. The van der Waals surface area contributed by atoms with Crippen LogP contribution in [0.1, 0.15) is 53.3 Å². The SMILES string of the molecule is CSc1c(CF)cc(CC(=O)c2cccc3ccccc23)c(CC(=O)c2cccc3ccccc23)c1CC(=O)c1ccccc1. The minimum Gasteiger partial charge on any atom is -0.294 e. The first-order valence-corrected chi connectivity index (χ1v) is 16.1. The molecule has 222 valence electrons. The van der Waals surface area contributed by atoms with E-state index in [9.17, 15) is 18.8 Å². The van der Waals surface area contributed by atoms with Gasteiger partial charge in [-0.2, -0.15) is 0 Å². The molecule has 0 saturated heterocycles. The Morgan fingerprint density at radius 3 is 1.64 bits per heavy atom. The number of Topliss-reactive ketones (excluding diaryl/α,β-unsaturated/α-hetero) is 3. The van der Waals surface area contributed by atoms with Gasteiger partial charge in [-0.15, -0.1) is 11.8 Å². The topological polar surface area (TPSA) is 51.2 Å². The van der Waals surface area contributed by atoms with Crippen LogP contribution in [-0.4, -0.2) is 23.6 Å². The fraction of sp³-hybridized carbons (Fsp3) is 0.125. The van der Waals surface area contributed by atoms with Gasteiger partial charge in [0.05, 0.1) is 0 Å². The summed E-state index contributed by atoms with van der Waals surface area (Å²) in [5, 5.41) is 3.58. The number of hydrogen-bond acceptors (Lipinski definition) is 4. The van der Waals surface area contributed by atoms with Gasteiger partial charge in [0.1, 0.15) is 6.67 Å². The van der Waals surface area contributed by atoms with Crippen LogP contribution < -0.4 is 0 Å². The molecule has 0 aromatic heterocycles. The normalized spacial score (nSPS) is 11.2. The van der Waals surface area contributed by atoms with Crippen molar-refractivity contribution in [3.05, 3.63) is 160 Å². The number of thioether (sulfide) groups is 1. The van der Waals surface area contributed by atoms with Gasteiger partial charge in [0.25, 0.3) is 0 Å². The summed E-state index contributed by atoms with van der Waals surface area (Å²) in [4.78, 5) is 42.3. The number of carbonyl (C=O) groups is 3. The van der Waals surface area contributed by atoms with Crippen molar-refractivity contribution < 1.29 is 18.8 Å². The minimum atomic E-state index is -0.754. The van der Waals surface area contributed by atoms with Gasteiger partial charge < -0.3 is 0 Å². The van der Waals surface area contributed by atoms with Crippen LogP contribution in [0.2, 0.25) is 0 Å². The van der Waals surface area contributed by atoms with E-state index in [1.54, 1.807) is 36.4 Å². The lowest BCUT2D eigenvalue weighted by Crippen LogP contribution is -2.17. The van der Waals surface area contributed by atoms with Gasteiger partial charge in [-0.3, -0.25) is 14.4 Å². The Hall–Kier alpha value is -4.87. The van der Waals surface area contributed by atoms with Crippen LogP contribution in [0.25, 0.3) is 21.5 Å². The molecule has 0 bridgehead atoms. The zero-order valence-corrected chi connectivity index (χ0v) is 25.7. The Labute approximate surface area is 266 Å². The first-order valence-electron chi connectivity index (χ1n) is 14.8. The molecule has 0 spiro atoms. The second-order valence-corrected chi connectivity index (χ2v) is 11.9. The number of benzene rings is 6. The van der Waals surface area contributed by atoms with E-state index >= 15 is 0 Å². The summed E-state index contributed by atoms with van der Waals surface area (Å²) in [6.07, 6.45) is 1.79. The molecule has 0 heterocycles. The molecular formula is C40H31FO3S. The number of ketones is 3. The quantitative estimate of drug-likeness (QED) is 0.108. The largest absolute Gasteiger partial charge is 0.294 e. The minimum absolute atomic E-state index is 0.0123. The second-order valence-electron chi connectivity index (χ2n) is 11.0. The van der Waals surface area contributed by atoms with E-state index in [2.05, 4.69) is 0 Å². The maximum atomic E-state index is 14.6. The van der Waals surface area contributed by atoms with Crippen LogP contribution in [0.5, 0.6) is 0 Å². The molecular weight excluding hydrogens is 580 g/mol.